The maximum atomic E-state index is 11.1. The third-order valence-electron chi connectivity index (χ3n) is 3.23. The third kappa shape index (κ3) is 2.61. The van der Waals surface area contributed by atoms with Crippen LogP contribution in [0.25, 0.3) is 0 Å². The highest BCUT2D eigenvalue weighted by atomic mass is 16.5. The molecule has 0 aliphatic heterocycles. The normalized spacial score (nSPS) is 23.3. The minimum Gasteiger partial charge on any atom is -0.490 e. The number of ketones is 1. The SMILES string of the molecule is CC(=O)C1CC(Oc2ccc(/C(N)=N/O)cc2)C1. The Bertz CT molecular complexity index is 462. The lowest BCUT2D eigenvalue weighted by atomic mass is 9.80. The molecular formula is C13H16N2O3. The van der Waals surface area contributed by atoms with Gasteiger partial charge in [0.1, 0.15) is 17.6 Å². The zero-order valence-corrected chi connectivity index (χ0v) is 10.2. The molecule has 3 N–H and O–H groups in total. The first-order chi connectivity index (χ1) is 8.60. The first-order valence-corrected chi connectivity index (χ1v) is 5.85. The van der Waals surface area contributed by atoms with Crippen LogP contribution in [0.3, 0.4) is 0 Å². The Morgan fingerprint density at radius 1 is 1.39 bits per heavy atom. The molecule has 1 aliphatic rings. The fourth-order valence-electron chi connectivity index (χ4n) is 1.95. The van der Waals surface area contributed by atoms with Gasteiger partial charge in [0.15, 0.2) is 5.84 Å². The van der Waals surface area contributed by atoms with Crippen LogP contribution in [-0.4, -0.2) is 22.9 Å². The lowest BCUT2D eigenvalue weighted by Gasteiger charge is -2.33. The molecule has 2 rings (SSSR count). The second-order valence-electron chi connectivity index (χ2n) is 4.53. The largest absolute Gasteiger partial charge is 0.490 e. The van der Waals surface area contributed by atoms with E-state index in [1.165, 1.54) is 0 Å². The van der Waals surface area contributed by atoms with Gasteiger partial charge in [-0.05, 0) is 44.0 Å². The van der Waals surface area contributed by atoms with Gasteiger partial charge in [0.25, 0.3) is 0 Å². The minimum atomic E-state index is 0.0711. The van der Waals surface area contributed by atoms with Crippen LogP contribution in [0.2, 0.25) is 0 Å². The molecule has 18 heavy (non-hydrogen) atoms. The molecule has 0 bridgehead atoms. The number of Topliss-reactive ketones (excluding diaryl/α,β-unsaturated/α-hetero) is 1. The van der Waals surface area contributed by atoms with Gasteiger partial charge in [0.05, 0.1) is 0 Å². The van der Waals surface area contributed by atoms with Gasteiger partial charge in [-0.3, -0.25) is 4.79 Å². The Balaban J connectivity index is 1.90. The second-order valence-corrected chi connectivity index (χ2v) is 4.53. The molecule has 0 heterocycles. The van der Waals surface area contributed by atoms with E-state index in [1.54, 1.807) is 31.2 Å². The van der Waals surface area contributed by atoms with E-state index >= 15 is 0 Å². The summed E-state index contributed by atoms with van der Waals surface area (Å²) < 4.78 is 5.70. The summed E-state index contributed by atoms with van der Waals surface area (Å²) in [7, 11) is 0. The summed E-state index contributed by atoms with van der Waals surface area (Å²) in [6.07, 6.45) is 1.70. The molecule has 1 saturated carbocycles. The molecule has 0 atom stereocenters. The van der Waals surface area contributed by atoms with Crippen molar-refractivity contribution in [2.75, 3.05) is 0 Å². The first kappa shape index (κ1) is 12.4. The van der Waals surface area contributed by atoms with Crippen molar-refractivity contribution in [2.24, 2.45) is 16.8 Å². The van der Waals surface area contributed by atoms with Crippen LogP contribution in [0.4, 0.5) is 0 Å². The molecule has 96 valence electrons. The average molecular weight is 248 g/mol. The zero-order chi connectivity index (χ0) is 13.1. The molecule has 1 aliphatic carbocycles. The molecule has 5 nitrogen and oxygen atoms in total. The number of carbonyl (C=O) groups excluding carboxylic acids is 1. The van der Waals surface area contributed by atoms with Gasteiger partial charge in [-0.1, -0.05) is 5.16 Å². The van der Waals surface area contributed by atoms with Gasteiger partial charge in [0.2, 0.25) is 0 Å². The van der Waals surface area contributed by atoms with Crippen molar-refractivity contribution in [1.82, 2.24) is 0 Å². The second kappa shape index (κ2) is 5.08. The molecule has 5 heteroatoms. The molecule has 0 amide bonds. The minimum absolute atomic E-state index is 0.0711. The fraction of sp³-hybridized carbons (Fsp3) is 0.385. The Labute approximate surface area is 105 Å². The number of ether oxygens (including phenoxy) is 1. The van der Waals surface area contributed by atoms with Gasteiger partial charge in [-0.15, -0.1) is 0 Å². The van der Waals surface area contributed by atoms with Crippen molar-refractivity contribution in [2.45, 2.75) is 25.9 Å². The third-order valence-corrected chi connectivity index (χ3v) is 3.23. The fourth-order valence-corrected chi connectivity index (χ4v) is 1.95. The van der Waals surface area contributed by atoms with Crippen LogP contribution in [-0.2, 0) is 4.79 Å². The van der Waals surface area contributed by atoms with Crippen molar-refractivity contribution < 1.29 is 14.7 Å². The predicted octanol–water partition coefficient (Wildman–Crippen LogP) is 1.53. The number of amidine groups is 1. The van der Waals surface area contributed by atoms with Crippen LogP contribution in [0, 0.1) is 5.92 Å². The molecule has 1 aromatic carbocycles. The predicted molar refractivity (Wildman–Crippen MR) is 66.8 cm³/mol. The average Bonchev–Trinajstić information content (AvgIpc) is 2.32. The van der Waals surface area contributed by atoms with Crippen molar-refractivity contribution in [3.05, 3.63) is 29.8 Å². The van der Waals surface area contributed by atoms with Gasteiger partial charge in [-0.2, -0.15) is 0 Å². The van der Waals surface area contributed by atoms with E-state index in [0.29, 0.717) is 5.56 Å². The van der Waals surface area contributed by atoms with Gasteiger partial charge < -0.3 is 15.7 Å². The summed E-state index contributed by atoms with van der Waals surface area (Å²) in [5, 5.41) is 11.5. The van der Waals surface area contributed by atoms with Crippen LogP contribution in [0.1, 0.15) is 25.3 Å². The standard InChI is InChI=1S/C13H16N2O3/c1-8(16)10-6-12(7-10)18-11-4-2-9(3-5-11)13(14)15-17/h2-5,10,12,17H,6-7H2,1H3,(H2,14,15). The molecule has 1 fully saturated rings. The Hall–Kier alpha value is -2.04. The van der Waals surface area contributed by atoms with Crippen molar-refractivity contribution in [1.29, 1.82) is 0 Å². The highest BCUT2D eigenvalue weighted by molar-refractivity contribution is 5.97. The highest BCUT2D eigenvalue weighted by Crippen LogP contribution is 2.31. The zero-order valence-electron chi connectivity index (χ0n) is 10.2. The van der Waals surface area contributed by atoms with Crippen LogP contribution >= 0.6 is 0 Å². The summed E-state index contributed by atoms with van der Waals surface area (Å²) in [6.45, 7) is 1.62. The van der Waals surface area contributed by atoms with E-state index in [1.807, 2.05) is 0 Å². The number of nitrogens with zero attached hydrogens (tertiary/aromatic N) is 1. The number of hydrogen-bond acceptors (Lipinski definition) is 4. The molecule has 1 aromatic rings. The van der Waals surface area contributed by atoms with Gasteiger partial charge >= 0.3 is 0 Å². The van der Waals surface area contributed by atoms with E-state index < -0.39 is 0 Å². The number of benzene rings is 1. The number of hydrogen-bond donors (Lipinski definition) is 2. The summed E-state index contributed by atoms with van der Waals surface area (Å²) >= 11 is 0. The smallest absolute Gasteiger partial charge is 0.170 e. The van der Waals surface area contributed by atoms with Crippen molar-refractivity contribution >= 4 is 11.6 Å². The first-order valence-electron chi connectivity index (χ1n) is 5.85. The highest BCUT2D eigenvalue weighted by Gasteiger charge is 2.33. The molecular weight excluding hydrogens is 232 g/mol. The molecule has 0 saturated heterocycles. The number of nitrogens with two attached hydrogens (primary N) is 1. The molecule has 0 spiro atoms. The van der Waals surface area contributed by atoms with E-state index in [-0.39, 0.29) is 23.6 Å². The summed E-state index contributed by atoms with van der Waals surface area (Å²) in [5.74, 6) is 1.20. The van der Waals surface area contributed by atoms with Crippen LogP contribution in [0.5, 0.6) is 5.75 Å². The van der Waals surface area contributed by atoms with Crippen LogP contribution in [0.15, 0.2) is 29.4 Å². The van der Waals surface area contributed by atoms with E-state index in [4.69, 9.17) is 15.7 Å². The van der Waals surface area contributed by atoms with E-state index in [0.717, 1.165) is 18.6 Å². The Morgan fingerprint density at radius 3 is 2.50 bits per heavy atom. The summed E-state index contributed by atoms with van der Waals surface area (Å²) in [5.41, 5.74) is 6.10. The number of oxime groups is 1. The Morgan fingerprint density at radius 2 is 2.00 bits per heavy atom. The molecule has 0 aromatic heterocycles. The van der Waals surface area contributed by atoms with Gasteiger partial charge in [-0.25, -0.2) is 0 Å². The van der Waals surface area contributed by atoms with Crippen LogP contribution < -0.4 is 10.5 Å². The quantitative estimate of drug-likeness (QED) is 0.366. The van der Waals surface area contributed by atoms with E-state index in [2.05, 4.69) is 5.16 Å². The maximum absolute atomic E-state index is 11.1. The van der Waals surface area contributed by atoms with Crippen molar-refractivity contribution in [3.63, 3.8) is 0 Å². The lowest BCUT2D eigenvalue weighted by Crippen LogP contribution is -2.37. The molecule has 0 unspecified atom stereocenters. The summed E-state index contributed by atoms with van der Waals surface area (Å²) in [4.78, 5) is 11.1. The summed E-state index contributed by atoms with van der Waals surface area (Å²) in [6, 6.07) is 7.00. The topological polar surface area (TPSA) is 84.9 Å². The van der Waals surface area contributed by atoms with E-state index in [9.17, 15) is 4.79 Å². The number of rotatable bonds is 4. The Kier molecular flexibility index (Phi) is 3.50. The maximum Gasteiger partial charge on any atom is 0.170 e. The number of carbonyl (C=O) groups is 1. The van der Waals surface area contributed by atoms with Gasteiger partial charge in [0, 0.05) is 11.5 Å². The van der Waals surface area contributed by atoms with Crippen molar-refractivity contribution in [3.8, 4) is 5.75 Å². The lowest BCUT2D eigenvalue weighted by molar-refractivity contribution is -0.126. The molecule has 0 radical (unpaired) electrons. The monoisotopic (exact) mass is 248 g/mol.